The standard InChI is InChI=1S/C26H28N8O/c1-33-9-7-17-16(5-8-28-25(17)33)24-18-12-30-26(35)23(18)19(13-29-24)31-21-3-2-4-22(32-21)34-10-6-15-11-27-14-20(15)34/h2-5,7-9,13,15,20,25,27-28H,6,10-12,14H2,1H3,(H,30,35)(H,31,32)/t15-,20+,25?/m0/s1. The van der Waals surface area contributed by atoms with Gasteiger partial charge in [-0.25, -0.2) is 4.98 Å². The van der Waals surface area contributed by atoms with Crippen molar-refractivity contribution in [3.05, 3.63) is 71.3 Å². The second-order valence-corrected chi connectivity index (χ2v) is 9.78. The van der Waals surface area contributed by atoms with Crippen LogP contribution in [0.4, 0.5) is 17.3 Å². The van der Waals surface area contributed by atoms with Gasteiger partial charge in [-0.1, -0.05) is 6.07 Å². The zero-order valence-corrected chi connectivity index (χ0v) is 19.6. The van der Waals surface area contributed by atoms with Crippen LogP contribution in [0.2, 0.25) is 0 Å². The Bertz CT molecular complexity index is 1310. The molecule has 7 rings (SSSR count). The fraction of sp³-hybridized carbons (Fsp3) is 0.346. The van der Waals surface area contributed by atoms with Gasteiger partial charge in [0.2, 0.25) is 0 Å². The number of pyridine rings is 2. The Morgan fingerprint density at radius 2 is 2.14 bits per heavy atom. The molecule has 178 valence electrons. The molecule has 3 atom stereocenters. The number of likely N-dealkylation sites (N-methyl/N-ethyl adjacent to an activating group) is 1. The molecule has 4 N–H and O–H groups in total. The van der Waals surface area contributed by atoms with E-state index in [9.17, 15) is 4.79 Å². The number of fused-ring (bicyclic) bond motifs is 3. The first-order valence-electron chi connectivity index (χ1n) is 12.3. The van der Waals surface area contributed by atoms with Crippen LogP contribution in [0.25, 0.3) is 5.57 Å². The summed E-state index contributed by atoms with van der Waals surface area (Å²) >= 11 is 0. The summed E-state index contributed by atoms with van der Waals surface area (Å²) in [5, 5.41) is 13.3. The van der Waals surface area contributed by atoms with Gasteiger partial charge in [-0.3, -0.25) is 9.78 Å². The average molecular weight is 469 g/mol. The number of dihydropyridines is 1. The van der Waals surface area contributed by atoms with E-state index in [-0.39, 0.29) is 12.1 Å². The molecule has 2 aromatic heterocycles. The van der Waals surface area contributed by atoms with E-state index in [1.165, 1.54) is 6.42 Å². The molecule has 9 heteroatoms. The minimum absolute atomic E-state index is 0.0825. The van der Waals surface area contributed by atoms with Gasteiger partial charge < -0.3 is 31.1 Å². The van der Waals surface area contributed by atoms with Crippen LogP contribution in [0.3, 0.4) is 0 Å². The van der Waals surface area contributed by atoms with Crippen molar-refractivity contribution in [3.63, 3.8) is 0 Å². The Balaban J connectivity index is 1.23. The molecular weight excluding hydrogens is 440 g/mol. The van der Waals surface area contributed by atoms with Crippen LogP contribution in [0.15, 0.2) is 54.5 Å². The van der Waals surface area contributed by atoms with E-state index >= 15 is 0 Å². The molecule has 1 amide bonds. The van der Waals surface area contributed by atoms with E-state index in [2.05, 4.69) is 49.4 Å². The van der Waals surface area contributed by atoms with Crippen molar-refractivity contribution in [3.8, 4) is 0 Å². The zero-order chi connectivity index (χ0) is 23.5. The van der Waals surface area contributed by atoms with E-state index in [0.29, 0.717) is 29.8 Å². The minimum atomic E-state index is -0.0825. The highest BCUT2D eigenvalue weighted by Gasteiger charge is 2.38. The summed E-state index contributed by atoms with van der Waals surface area (Å²) < 4.78 is 0. The van der Waals surface area contributed by atoms with Crippen LogP contribution in [0.5, 0.6) is 0 Å². The smallest absolute Gasteiger partial charge is 0.254 e. The van der Waals surface area contributed by atoms with Crippen molar-refractivity contribution in [1.29, 1.82) is 0 Å². The van der Waals surface area contributed by atoms with Gasteiger partial charge in [0.1, 0.15) is 17.8 Å². The molecule has 9 nitrogen and oxygen atoms in total. The third kappa shape index (κ3) is 3.22. The lowest BCUT2D eigenvalue weighted by Crippen LogP contribution is -2.37. The molecule has 0 saturated carbocycles. The highest BCUT2D eigenvalue weighted by molar-refractivity contribution is 6.05. The number of carbonyl (C=O) groups is 1. The zero-order valence-electron chi connectivity index (χ0n) is 19.6. The van der Waals surface area contributed by atoms with Crippen molar-refractivity contribution >= 4 is 28.8 Å². The molecule has 7 heterocycles. The van der Waals surface area contributed by atoms with Gasteiger partial charge in [-0.2, -0.15) is 0 Å². The Hall–Kier alpha value is -3.85. The Morgan fingerprint density at radius 1 is 1.20 bits per heavy atom. The number of hydrogen-bond donors (Lipinski definition) is 4. The number of rotatable bonds is 4. The number of hydrogen-bond acceptors (Lipinski definition) is 8. The summed E-state index contributed by atoms with van der Waals surface area (Å²) in [7, 11) is 2.04. The third-order valence-corrected chi connectivity index (χ3v) is 7.83. The van der Waals surface area contributed by atoms with Crippen LogP contribution >= 0.6 is 0 Å². The molecule has 2 saturated heterocycles. The van der Waals surface area contributed by atoms with Gasteiger partial charge >= 0.3 is 0 Å². The normalized spacial score (nSPS) is 26.1. The Morgan fingerprint density at radius 3 is 3.09 bits per heavy atom. The number of aromatic nitrogens is 2. The number of anilines is 3. The van der Waals surface area contributed by atoms with E-state index in [4.69, 9.17) is 9.97 Å². The lowest BCUT2D eigenvalue weighted by molar-refractivity contribution is 0.0966. The molecule has 0 aliphatic carbocycles. The van der Waals surface area contributed by atoms with Crippen molar-refractivity contribution in [1.82, 2.24) is 30.8 Å². The van der Waals surface area contributed by atoms with E-state index in [1.54, 1.807) is 6.20 Å². The molecule has 35 heavy (non-hydrogen) atoms. The van der Waals surface area contributed by atoms with Crippen LogP contribution < -0.4 is 26.2 Å². The largest absolute Gasteiger partial charge is 0.368 e. The first-order valence-corrected chi connectivity index (χ1v) is 12.3. The lowest BCUT2D eigenvalue weighted by Gasteiger charge is -2.27. The first-order chi connectivity index (χ1) is 17.2. The molecule has 0 aromatic carbocycles. The van der Waals surface area contributed by atoms with Gasteiger partial charge in [-0.05, 0) is 42.8 Å². The summed E-state index contributed by atoms with van der Waals surface area (Å²) in [5.74, 6) is 2.32. The summed E-state index contributed by atoms with van der Waals surface area (Å²) in [6.07, 6.45) is 11.2. The molecule has 5 aliphatic heterocycles. The van der Waals surface area contributed by atoms with Crippen LogP contribution in [0.1, 0.15) is 28.0 Å². The summed E-state index contributed by atoms with van der Waals surface area (Å²) in [4.78, 5) is 27.2. The Kier molecular flexibility index (Phi) is 4.60. The highest BCUT2D eigenvalue weighted by Crippen LogP contribution is 2.37. The number of carbonyl (C=O) groups excluding carboxylic acids is 1. The van der Waals surface area contributed by atoms with Crippen molar-refractivity contribution in [2.75, 3.05) is 36.9 Å². The molecule has 0 radical (unpaired) electrons. The van der Waals surface area contributed by atoms with E-state index in [1.807, 2.05) is 31.5 Å². The van der Waals surface area contributed by atoms with Crippen molar-refractivity contribution in [2.24, 2.45) is 5.92 Å². The van der Waals surface area contributed by atoms with Crippen LogP contribution in [0, 0.1) is 5.92 Å². The molecule has 0 bridgehead atoms. The predicted octanol–water partition coefficient (Wildman–Crippen LogP) is 1.92. The SMILES string of the molecule is CN1C=CC2=C(c3ncc(Nc4cccc(N5CC[C@H]6CNC[C@H]65)n4)c4c3CNC4=O)C=CNC21. The van der Waals surface area contributed by atoms with Crippen LogP contribution in [-0.2, 0) is 6.54 Å². The van der Waals surface area contributed by atoms with Crippen molar-refractivity contribution in [2.45, 2.75) is 25.2 Å². The maximum absolute atomic E-state index is 12.9. The highest BCUT2D eigenvalue weighted by atomic mass is 16.1. The molecule has 5 aliphatic rings. The second-order valence-electron chi connectivity index (χ2n) is 9.78. The number of amides is 1. The minimum Gasteiger partial charge on any atom is -0.368 e. The van der Waals surface area contributed by atoms with Crippen LogP contribution in [-0.4, -0.2) is 59.7 Å². The number of allylic oxidation sites excluding steroid dienone is 2. The van der Waals surface area contributed by atoms with Gasteiger partial charge in [0.25, 0.3) is 5.91 Å². The van der Waals surface area contributed by atoms with Gasteiger partial charge in [0.15, 0.2) is 0 Å². The lowest BCUT2D eigenvalue weighted by atomic mass is 9.95. The molecular formula is C26H28N8O. The second kappa shape index (κ2) is 7.84. The molecule has 2 aromatic rings. The van der Waals surface area contributed by atoms with E-state index < -0.39 is 0 Å². The van der Waals surface area contributed by atoms with Gasteiger partial charge in [0, 0.05) is 62.2 Å². The summed E-state index contributed by atoms with van der Waals surface area (Å²) in [5.41, 5.74) is 5.30. The third-order valence-electron chi connectivity index (χ3n) is 7.83. The number of nitrogens with one attached hydrogen (secondary N) is 4. The Labute approximate surface area is 204 Å². The summed E-state index contributed by atoms with van der Waals surface area (Å²) in [6, 6.07) is 6.55. The monoisotopic (exact) mass is 468 g/mol. The maximum atomic E-state index is 12.9. The quantitative estimate of drug-likeness (QED) is 0.541. The first kappa shape index (κ1) is 20.5. The topological polar surface area (TPSA) is 97.5 Å². The number of nitrogens with zero attached hydrogens (tertiary/aromatic N) is 4. The summed E-state index contributed by atoms with van der Waals surface area (Å²) in [6.45, 7) is 3.60. The van der Waals surface area contributed by atoms with Gasteiger partial charge in [-0.15, -0.1) is 0 Å². The molecule has 1 unspecified atom stereocenters. The fourth-order valence-electron chi connectivity index (χ4n) is 6.07. The fourth-order valence-corrected chi connectivity index (χ4v) is 6.07. The average Bonchev–Trinajstić information content (AvgIpc) is 3.65. The predicted molar refractivity (Wildman–Crippen MR) is 135 cm³/mol. The van der Waals surface area contributed by atoms with Gasteiger partial charge in [0.05, 0.1) is 23.1 Å². The van der Waals surface area contributed by atoms with E-state index in [0.717, 1.165) is 53.7 Å². The maximum Gasteiger partial charge on any atom is 0.254 e. The molecule has 2 fully saturated rings. The molecule has 0 spiro atoms. The van der Waals surface area contributed by atoms with Crippen molar-refractivity contribution < 1.29 is 4.79 Å².